The molecule has 0 bridgehead atoms. The van der Waals surface area contributed by atoms with E-state index in [-0.39, 0.29) is 23.9 Å². The summed E-state index contributed by atoms with van der Waals surface area (Å²) in [5.41, 5.74) is -0.191. The molecule has 0 spiro atoms. The second-order valence-electron chi connectivity index (χ2n) is 8.00. The molecule has 1 aromatic carbocycles. The highest BCUT2D eigenvalue weighted by atomic mass is 32.2. The molecule has 1 N–H and O–H groups in total. The average Bonchev–Trinajstić information content (AvgIpc) is 3.36. The Hall–Kier alpha value is -3.34. The fraction of sp³-hybridized carbons (Fsp3) is 0.364. The Morgan fingerprint density at radius 2 is 1.86 bits per heavy atom. The van der Waals surface area contributed by atoms with Gasteiger partial charge in [0.15, 0.2) is 0 Å². The minimum atomic E-state index is -3.71. The monoisotopic (exact) mass is 506 g/mol. The highest BCUT2D eigenvalue weighted by Crippen LogP contribution is 2.31. The van der Waals surface area contributed by atoms with E-state index >= 15 is 0 Å². The van der Waals surface area contributed by atoms with Crippen molar-refractivity contribution < 1.29 is 26.7 Å². The Labute approximate surface area is 199 Å². The molecule has 1 unspecified atom stereocenters. The van der Waals surface area contributed by atoms with E-state index in [9.17, 15) is 26.7 Å². The van der Waals surface area contributed by atoms with Gasteiger partial charge >= 0.3 is 5.92 Å². The van der Waals surface area contributed by atoms with Crippen molar-refractivity contribution >= 4 is 10.0 Å². The number of alkyl halides is 2. The van der Waals surface area contributed by atoms with Gasteiger partial charge in [-0.3, -0.25) is 4.98 Å². The number of aliphatic hydroxyl groups is 1. The third-order valence-electron chi connectivity index (χ3n) is 5.60. The van der Waals surface area contributed by atoms with Crippen LogP contribution in [0.1, 0.15) is 24.1 Å². The Kier molecular flexibility index (Phi) is 7.15. The number of benzene rings is 1. The topological polar surface area (TPSA) is 114 Å². The summed E-state index contributed by atoms with van der Waals surface area (Å²) in [4.78, 5) is 3.80. The highest BCUT2D eigenvalue weighted by molar-refractivity contribution is 7.89. The van der Waals surface area contributed by atoms with Crippen molar-refractivity contribution in [3.05, 3.63) is 66.0 Å². The number of nitrogens with zero attached hydrogens (tertiary/aromatic N) is 6. The van der Waals surface area contributed by atoms with Gasteiger partial charge in [0.1, 0.15) is 23.9 Å². The third kappa shape index (κ3) is 5.67. The molecule has 0 amide bonds. The molecule has 9 nitrogen and oxygen atoms in total. The first-order valence-electron chi connectivity index (χ1n) is 10.7. The first-order valence-corrected chi connectivity index (χ1v) is 12.1. The van der Waals surface area contributed by atoms with Crippen LogP contribution in [-0.2, 0) is 22.5 Å². The summed E-state index contributed by atoms with van der Waals surface area (Å²) in [6.07, 6.45) is 1.25. The van der Waals surface area contributed by atoms with Crippen LogP contribution in [0.25, 0.3) is 0 Å². The van der Waals surface area contributed by atoms with Gasteiger partial charge in [-0.15, -0.1) is 5.10 Å². The molecule has 3 aromatic rings. The second-order valence-corrected chi connectivity index (χ2v) is 9.94. The molecule has 13 heteroatoms. The summed E-state index contributed by atoms with van der Waals surface area (Å²) in [5, 5.41) is 20.0. The number of halogens is 3. The van der Waals surface area contributed by atoms with Gasteiger partial charge < -0.3 is 5.11 Å². The first kappa shape index (κ1) is 24.8. The molecule has 2 aromatic heterocycles. The van der Waals surface area contributed by atoms with Crippen LogP contribution in [0.2, 0.25) is 0 Å². The summed E-state index contributed by atoms with van der Waals surface area (Å²) in [6.45, 7) is 0.0299. The van der Waals surface area contributed by atoms with E-state index < -0.39 is 40.1 Å². The lowest BCUT2D eigenvalue weighted by Gasteiger charge is -2.29. The van der Waals surface area contributed by atoms with Crippen LogP contribution in [0.3, 0.4) is 0 Å². The summed E-state index contributed by atoms with van der Waals surface area (Å²) < 4.78 is 69.9. The Balaban J connectivity index is 1.35. The van der Waals surface area contributed by atoms with Gasteiger partial charge in [-0.25, -0.2) is 17.5 Å². The van der Waals surface area contributed by atoms with Crippen LogP contribution < -0.4 is 0 Å². The van der Waals surface area contributed by atoms with Crippen molar-refractivity contribution in [3.63, 3.8) is 0 Å². The van der Waals surface area contributed by atoms with Crippen LogP contribution in [-0.4, -0.2) is 62.2 Å². The quantitative estimate of drug-likeness (QED) is 0.507. The van der Waals surface area contributed by atoms with E-state index in [4.69, 9.17) is 0 Å². The second kappa shape index (κ2) is 10.1. The van der Waals surface area contributed by atoms with Gasteiger partial charge in [0.25, 0.3) is 0 Å². The van der Waals surface area contributed by atoms with Crippen molar-refractivity contribution in [2.24, 2.45) is 5.92 Å². The number of rotatable bonds is 6. The fourth-order valence-corrected chi connectivity index (χ4v) is 5.04. The summed E-state index contributed by atoms with van der Waals surface area (Å²) in [6, 6.07) is 7.18. The maximum absolute atomic E-state index is 14.5. The Bertz CT molecular complexity index is 1300. The normalized spacial score (nSPS) is 16.5. The van der Waals surface area contributed by atoms with E-state index in [2.05, 4.69) is 32.4 Å². The molecule has 0 saturated carbocycles. The van der Waals surface area contributed by atoms with Crippen LogP contribution in [0.5, 0.6) is 0 Å². The van der Waals surface area contributed by atoms with Gasteiger partial charge in [0.2, 0.25) is 10.0 Å². The van der Waals surface area contributed by atoms with Crippen molar-refractivity contribution in [1.29, 1.82) is 0 Å². The largest absolute Gasteiger partial charge is 0.384 e. The average molecular weight is 507 g/mol. The van der Waals surface area contributed by atoms with Crippen LogP contribution in [0, 0.1) is 23.6 Å². The highest BCUT2D eigenvalue weighted by Gasteiger charge is 2.42. The van der Waals surface area contributed by atoms with Gasteiger partial charge in [-0.2, -0.15) is 13.1 Å². The van der Waals surface area contributed by atoms with Crippen LogP contribution >= 0.6 is 0 Å². The summed E-state index contributed by atoms with van der Waals surface area (Å²) in [5.74, 6) is 1.73. The third-order valence-corrected chi connectivity index (χ3v) is 7.51. The number of pyridine rings is 1. The standard InChI is InChI=1S/C22H21F3N6O3S/c23-18-4-6-19(7-5-18)35(33,34)31-11-9-16(10-12-31)1-2-17-3-8-20(26-13-17)22(24,25)21(32)14-30-15-27-28-29-30/h3-8,13,15-16,21,32H,9-12,14H2. The first-order chi connectivity index (χ1) is 16.7. The van der Waals surface area contributed by atoms with Crippen molar-refractivity contribution in [3.8, 4) is 11.8 Å². The lowest BCUT2D eigenvalue weighted by Crippen LogP contribution is -2.38. The van der Waals surface area contributed by atoms with E-state index in [1.165, 1.54) is 28.7 Å². The molecule has 3 heterocycles. The van der Waals surface area contributed by atoms with Gasteiger partial charge in [0, 0.05) is 30.8 Å². The predicted molar refractivity (Wildman–Crippen MR) is 117 cm³/mol. The maximum Gasteiger partial charge on any atom is 0.316 e. The molecule has 1 atom stereocenters. The molecule has 1 aliphatic heterocycles. The minimum absolute atomic E-state index is 0.0366. The lowest BCUT2D eigenvalue weighted by atomic mass is 9.98. The number of aliphatic hydroxyl groups excluding tert-OH is 1. The van der Waals surface area contributed by atoms with Gasteiger partial charge in [-0.05, 0) is 59.7 Å². The molecule has 1 fully saturated rings. The summed E-state index contributed by atoms with van der Waals surface area (Å²) in [7, 11) is -3.71. The smallest absolute Gasteiger partial charge is 0.316 e. The van der Waals surface area contributed by atoms with E-state index in [0.29, 0.717) is 18.4 Å². The number of hydrogen-bond donors (Lipinski definition) is 1. The predicted octanol–water partition coefficient (Wildman–Crippen LogP) is 1.81. The molecule has 1 aliphatic rings. The molecule has 35 heavy (non-hydrogen) atoms. The zero-order valence-corrected chi connectivity index (χ0v) is 19.1. The number of tetrazole rings is 1. The number of sulfonamides is 1. The molecule has 4 rings (SSSR count). The molecule has 1 saturated heterocycles. The number of aromatic nitrogens is 5. The van der Waals surface area contributed by atoms with Crippen molar-refractivity contribution in [2.75, 3.05) is 13.1 Å². The van der Waals surface area contributed by atoms with E-state index in [1.54, 1.807) is 0 Å². The Morgan fingerprint density at radius 1 is 1.14 bits per heavy atom. The van der Waals surface area contributed by atoms with Gasteiger partial charge in [0.05, 0.1) is 11.4 Å². The number of piperidine rings is 1. The Morgan fingerprint density at radius 3 is 2.46 bits per heavy atom. The van der Waals surface area contributed by atoms with Crippen molar-refractivity contribution in [2.45, 2.75) is 36.3 Å². The van der Waals surface area contributed by atoms with E-state index in [1.807, 2.05) is 0 Å². The SMILES string of the molecule is O=S(=O)(c1ccc(F)cc1)N1CCC(C#Cc2ccc(C(F)(F)C(O)Cn3cnnn3)nc2)CC1. The minimum Gasteiger partial charge on any atom is -0.384 e. The van der Waals surface area contributed by atoms with E-state index in [0.717, 1.165) is 29.2 Å². The van der Waals surface area contributed by atoms with Crippen molar-refractivity contribution in [1.82, 2.24) is 29.5 Å². The lowest BCUT2D eigenvalue weighted by molar-refractivity contribution is -0.124. The molecule has 184 valence electrons. The van der Waals surface area contributed by atoms with Gasteiger partial charge in [-0.1, -0.05) is 11.8 Å². The van der Waals surface area contributed by atoms with Crippen LogP contribution in [0.15, 0.2) is 53.8 Å². The molecular formula is C22H21F3N6O3S. The van der Waals surface area contributed by atoms with Crippen LogP contribution in [0.4, 0.5) is 13.2 Å². The maximum atomic E-state index is 14.5. The molecular weight excluding hydrogens is 485 g/mol. The molecule has 0 radical (unpaired) electrons. The fourth-order valence-electron chi connectivity index (χ4n) is 3.57. The summed E-state index contributed by atoms with van der Waals surface area (Å²) >= 11 is 0. The zero-order valence-electron chi connectivity index (χ0n) is 18.3. The zero-order chi connectivity index (χ0) is 25.1. The molecule has 0 aliphatic carbocycles. The number of hydrogen-bond acceptors (Lipinski definition) is 7.